The Morgan fingerprint density at radius 3 is 2.52 bits per heavy atom. The third-order valence-corrected chi connectivity index (χ3v) is 6.48. The second kappa shape index (κ2) is 5.33. The molecule has 0 spiro atoms. The fraction of sp³-hybridized carbons (Fsp3) is 0.529. The van der Waals surface area contributed by atoms with Gasteiger partial charge in [-0.3, -0.25) is 0 Å². The van der Waals surface area contributed by atoms with Gasteiger partial charge in [0, 0.05) is 50.2 Å². The molecule has 0 aliphatic carbocycles. The molecule has 0 saturated carbocycles. The summed E-state index contributed by atoms with van der Waals surface area (Å²) in [5.74, 6) is 0. The summed E-state index contributed by atoms with van der Waals surface area (Å²) in [6.07, 6.45) is 0.724. The largest absolute Gasteiger partial charge is 0.358 e. The first-order valence-corrected chi connectivity index (χ1v) is 9.32. The van der Waals surface area contributed by atoms with Crippen molar-refractivity contribution in [1.29, 1.82) is 0 Å². The number of benzene rings is 1. The zero-order valence-electron chi connectivity index (χ0n) is 14.5. The van der Waals surface area contributed by atoms with Crippen molar-refractivity contribution in [3.05, 3.63) is 35.0 Å². The number of aromatic amines is 1. The molecule has 1 N–H and O–H groups in total. The van der Waals surface area contributed by atoms with Gasteiger partial charge in [-0.05, 0) is 28.7 Å². The number of H-pyrrole nitrogens is 1. The fourth-order valence-electron chi connectivity index (χ4n) is 3.08. The van der Waals surface area contributed by atoms with E-state index >= 15 is 0 Å². The zero-order valence-corrected chi connectivity index (χ0v) is 15.3. The minimum atomic E-state index is -3.37. The van der Waals surface area contributed by atoms with Crippen LogP contribution in [-0.4, -0.2) is 42.7 Å². The molecule has 2 heterocycles. The molecule has 0 fully saturated rings. The lowest BCUT2D eigenvalue weighted by molar-refractivity contribution is 0.358. The molecular weight excluding hydrogens is 310 g/mol. The van der Waals surface area contributed by atoms with E-state index in [0.29, 0.717) is 13.1 Å². The van der Waals surface area contributed by atoms with E-state index in [2.05, 4.69) is 44.0 Å². The Bertz CT molecular complexity index is 845. The normalized spacial score (nSPS) is 17.0. The van der Waals surface area contributed by atoms with Crippen LogP contribution in [0.2, 0.25) is 0 Å². The van der Waals surface area contributed by atoms with E-state index in [1.54, 1.807) is 18.4 Å². The van der Waals surface area contributed by atoms with E-state index in [9.17, 15) is 8.42 Å². The highest BCUT2D eigenvalue weighted by Crippen LogP contribution is 2.32. The predicted octanol–water partition coefficient (Wildman–Crippen LogP) is 2.63. The van der Waals surface area contributed by atoms with Crippen LogP contribution in [0, 0.1) is 0 Å². The van der Waals surface area contributed by atoms with E-state index in [0.717, 1.165) is 28.6 Å². The number of nitrogens with one attached hydrogen (secondary N) is 1. The number of hydrogen-bond acceptors (Lipinski definition) is 2. The van der Waals surface area contributed by atoms with Crippen molar-refractivity contribution < 1.29 is 8.42 Å². The van der Waals surface area contributed by atoms with Gasteiger partial charge in [0.05, 0.1) is 0 Å². The summed E-state index contributed by atoms with van der Waals surface area (Å²) >= 11 is 0. The van der Waals surface area contributed by atoms with Crippen LogP contribution in [0.25, 0.3) is 10.9 Å². The monoisotopic (exact) mass is 335 g/mol. The van der Waals surface area contributed by atoms with Gasteiger partial charge in [-0.15, -0.1) is 0 Å². The summed E-state index contributed by atoms with van der Waals surface area (Å²) in [6, 6.07) is 6.47. The van der Waals surface area contributed by atoms with Crippen molar-refractivity contribution >= 4 is 21.1 Å². The zero-order chi connectivity index (χ0) is 17.0. The average Bonchev–Trinajstić information content (AvgIpc) is 2.82. The Hall–Kier alpha value is -1.37. The van der Waals surface area contributed by atoms with Gasteiger partial charge in [0.1, 0.15) is 0 Å². The van der Waals surface area contributed by atoms with Crippen LogP contribution in [0.1, 0.15) is 37.6 Å². The third kappa shape index (κ3) is 2.79. The number of aromatic nitrogens is 1. The third-order valence-electron chi connectivity index (χ3n) is 4.59. The van der Waals surface area contributed by atoms with Crippen LogP contribution in [-0.2, 0) is 28.6 Å². The summed E-state index contributed by atoms with van der Waals surface area (Å²) in [6.45, 7) is 7.53. The highest BCUT2D eigenvalue weighted by atomic mass is 32.2. The summed E-state index contributed by atoms with van der Waals surface area (Å²) in [4.78, 5) is 3.46. The Morgan fingerprint density at radius 1 is 1.22 bits per heavy atom. The first-order valence-electron chi connectivity index (χ1n) is 7.92. The number of hydrogen-bond donors (Lipinski definition) is 1. The fourth-order valence-corrected chi connectivity index (χ4v) is 4.16. The van der Waals surface area contributed by atoms with Gasteiger partial charge >= 0.3 is 0 Å². The van der Waals surface area contributed by atoms with E-state index in [1.165, 1.54) is 9.87 Å². The molecule has 2 aromatic rings. The van der Waals surface area contributed by atoms with Gasteiger partial charge < -0.3 is 4.98 Å². The summed E-state index contributed by atoms with van der Waals surface area (Å²) in [7, 11) is -0.213. The SMILES string of the molecule is CN(C)S(=O)(=O)N1CCc2[nH]c3ccc(C(C)(C)C)cc3c2C1. The maximum absolute atomic E-state index is 12.4. The lowest BCUT2D eigenvalue weighted by Crippen LogP contribution is -2.42. The highest BCUT2D eigenvalue weighted by Gasteiger charge is 2.30. The van der Waals surface area contributed by atoms with Crippen LogP contribution in [0.4, 0.5) is 0 Å². The van der Waals surface area contributed by atoms with Gasteiger partial charge in [0.25, 0.3) is 10.2 Å². The average molecular weight is 335 g/mol. The Labute approximate surface area is 138 Å². The maximum Gasteiger partial charge on any atom is 0.281 e. The minimum Gasteiger partial charge on any atom is -0.358 e. The molecule has 0 amide bonds. The lowest BCUT2D eigenvalue weighted by Gasteiger charge is -2.29. The summed E-state index contributed by atoms with van der Waals surface area (Å²) < 4.78 is 27.7. The van der Waals surface area contributed by atoms with Gasteiger partial charge in [-0.1, -0.05) is 26.8 Å². The predicted molar refractivity (Wildman–Crippen MR) is 93.7 cm³/mol. The van der Waals surface area contributed by atoms with Crippen molar-refractivity contribution in [2.45, 2.75) is 39.2 Å². The van der Waals surface area contributed by atoms with Crippen molar-refractivity contribution in [2.24, 2.45) is 0 Å². The number of rotatable bonds is 2. The van der Waals surface area contributed by atoms with E-state index in [1.807, 2.05) is 0 Å². The standard InChI is InChI=1S/C17H25N3O2S/c1-17(2,3)12-6-7-15-13(10-12)14-11-20(9-8-16(14)18-15)23(21,22)19(4)5/h6-7,10,18H,8-9,11H2,1-5H3. The van der Waals surface area contributed by atoms with Crippen molar-refractivity contribution in [2.75, 3.05) is 20.6 Å². The molecular formula is C17H25N3O2S. The smallest absolute Gasteiger partial charge is 0.281 e. The molecule has 1 aromatic carbocycles. The first kappa shape index (κ1) is 16.5. The Balaban J connectivity index is 2.07. The Kier molecular flexibility index (Phi) is 3.82. The van der Waals surface area contributed by atoms with Crippen molar-refractivity contribution in [1.82, 2.24) is 13.6 Å². The molecule has 0 atom stereocenters. The molecule has 1 aliphatic rings. The molecule has 1 aliphatic heterocycles. The molecule has 6 heteroatoms. The van der Waals surface area contributed by atoms with Crippen molar-refractivity contribution in [3.8, 4) is 0 Å². The second-order valence-electron chi connectivity index (χ2n) is 7.47. The molecule has 3 rings (SSSR count). The van der Waals surface area contributed by atoms with Gasteiger partial charge in [0.15, 0.2) is 0 Å². The van der Waals surface area contributed by atoms with Gasteiger partial charge in [-0.25, -0.2) is 0 Å². The molecule has 1 aromatic heterocycles. The van der Waals surface area contributed by atoms with Crippen LogP contribution in [0.3, 0.4) is 0 Å². The molecule has 0 unspecified atom stereocenters. The van der Waals surface area contributed by atoms with Gasteiger partial charge in [-0.2, -0.15) is 17.0 Å². The summed E-state index contributed by atoms with van der Waals surface area (Å²) in [5, 5.41) is 1.14. The first-order chi connectivity index (χ1) is 10.6. The maximum atomic E-state index is 12.4. The molecule has 0 saturated heterocycles. The van der Waals surface area contributed by atoms with E-state index < -0.39 is 10.2 Å². The molecule has 5 nitrogen and oxygen atoms in total. The molecule has 0 bridgehead atoms. The van der Waals surface area contributed by atoms with Crippen molar-refractivity contribution in [3.63, 3.8) is 0 Å². The number of fused-ring (bicyclic) bond motifs is 3. The quantitative estimate of drug-likeness (QED) is 0.917. The van der Waals surface area contributed by atoms with E-state index in [-0.39, 0.29) is 5.41 Å². The second-order valence-corrected chi connectivity index (χ2v) is 9.61. The number of nitrogens with zero attached hydrogens (tertiary/aromatic N) is 2. The lowest BCUT2D eigenvalue weighted by atomic mass is 9.86. The van der Waals surface area contributed by atoms with Crippen LogP contribution >= 0.6 is 0 Å². The molecule has 0 radical (unpaired) electrons. The van der Waals surface area contributed by atoms with Crippen LogP contribution < -0.4 is 0 Å². The Morgan fingerprint density at radius 2 is 1.91 bits per heavy atom. The van der Waals surface area contributed by atoms with E-state index in [4.69, 9.17) is 0 Å². The van der Waals surface area contributed by atoms with Crippen LogP contribution in [0.15, 0.2) is 18.2 Å². The van der Waals surface area contributed by atoms with Gasteiger partial charge in [0.2, 0.25) is 0 Å². The summed E-state index contributed by atoms with van der Waals surface area (Å²) in [5.41, 5.74) is 4.70. The van der Waals surface area contributed by atoms with Crippen LogP contribution in [0.5, 0.6) is 0 Å². The minimum absolute atomic E-state index is 0.0718. The molecule has 126 valence electrons. The topological polar surface area (TPSA) is 56.4 Å². The molecule has 23 heavy (non-hydrogen) atoms. The highest BCUT2D eigenvalue weighted by molar-refractivity contribution is 7.86.